The van der Waals surface area contributed by atoms with E-state index < -0.39 is 0 Å². The van der Waals surface area contributed by atoms with E-state index >= 15 is 0 Å². The van der Waals surface area contributed by atoms with Crippen molar-refractivity contribution in [3.8, 4) is 0 Å². The second-order valence-electron chi connectivity index (χ2n) is 10.1. The number of hydrogen-bond donors (Lipinski definition) is 1. The minimum Gasteiger partial charge on any atom is -0.389 e. The molecule has 0 amide bonds. The van der Waals surface area contributed by atoms with E-state index in [0.717, 1.165) is 24.2 Å². The van der Waals surface area contributed by atoms with Crippen molar-refractivity contribution in [2.24, 2.45) is 28.6 Å². The summed E-state index contributed by atoms with van der Waals surface area (Å²) < 4.78 is 0. The Labute approximate surface area is 163 Å². The maximum absolute atomic E-state index is 10.4. The number of pyridine rings is 1. The van der Waals surface area contributed by atoms with E-state index in [1.807, 2.05) is 6.20 Å². The zero-order chi connectivity index (χ0) is 18.8. The Bertz CT molecular complexity index is 809. The number of aliphatic hydroxyl groups excluding tert-OH is 1. The van der Waals surface area contributed by atoms with Crippen LogP contribution < -0.4 is 0 Å². The van der Waals surface area contributed by atoms with Gasteiger partial charge in [0.25, 0.3) is 0 Å². The average molecular weight is 364 g/mol. The van der Waals surface area contributed by atoms with Crippen LogP contribution in [0.15, 0.2) is 41.7 Å². The number of nitrogens with zero attached hydrogens (tertiary/aromatic N) is 1. The van der Waals surface area contributed by atoms with E-state index in [1.54, 1.807) is 11.1 Å². The maximum Gasteiger partial charge on any atom is 0.0750 e. The first-order valence-electron chi connectivity index (χ1n) is 10.9. The van der Waals surface area contributed by atoms with Gasteiger partial charge in [-0.15, -0.1) is 0 Å². The largest absolute Gasteiger partial charge is 0.389 e. The normalized spacial score (nSPS) is 43.6. The molecule has 2 heteroatoms. The number of rotatable bonds is 1. The molecule has 5 rings (SSSR count). The molecule has 0 aliphatic heterocycles. The third-order valence-corrected chi connectivity index (χ3v) is 9.14. The molecule has 4 aliphatic carbocycles. The third kappa shape index (κ3) is 2.38. The molecule has 1 N–H and O–H groups in total. The van der Waals surface area contributed by atoms with Crippen molar-refractivity contribution in [3.63, 3.8) is 0 Å². The van der Waals surface area contributed by atoms with Gasteiger partial charge in [0.2, 0.25) is 0 Å². The quantitative estimate of drug-likeness (QED) is 0.641. The van der Waals surface area contributed by atoms with Gasteiger partial charge in [0, 0.05) is 12.4 Å². The van der Waals surface area contributed by atoms with Gasteiger partial charge in [-0.25, -0.2) is 0 Å². The van der Waals surface area contributed by atoms with Crippen LogP contribution in [0.1, 0.15) is 71.3 Å². The number of allylic oxidation sites excluding steroid dienone is 3. The van der Waals surface area contributed by atoms with E-state index in [9.17, 15) is 5.11 Å². The lowest BCUT2D eigenvalue weighted by atomic mass is 9.46. The highest BCUT2D eigenvalue weighted by molar-refractivity contribution is 5.72. The van der Waals surface area contributed by atoms with Crippen molar-refractivity contribution in [2.45, 2.75) is 71.8 Å². The first-order valence-corrected chi connectivity index (χ1v) is 10.9. The molecule has 6 atom stereocenters. The molecular weight excluding hydrogens is 330 g/mol. The Morgan fingerprint density at radius 3 is 2.67 bits per heavy atom. The molecule has 4 aliphatic rings. The summed E-state index contributed by atoms with van der Waals surface area (Å²) >= 11 is 0. The van der Waals surface area contributed by atoms with Crippen molar-refractivity contribution in [2.75, 3.05) is 0 Å². The lowest BCUT2D eigenvalue weighted by Crippen LogP contribution is -2.50. The SMILES string of the molecule is CC1=C2CC[C@@H]3[C@H](CC[C@]4(C)C(c5cccnc5)=CC[C@@H]34)[C@@]2(C)CCC1O. The van der Waals surface area contributed by atoms with Crippen LogP contribution >= 0.6 is 0 Å². The van der Waals surface area contributed by atoms with Crippen LogP contribution in [0.25, 0.3) is 5.57 Å². The fraction of sp³-hybridized carbons (Fsp3) is 0.640. The number of hydrogen-bond acceptors (Lipinski definition) is 2. The first kappa shape index (κ1) is 17.7. The van der Waals surface area contributed by atoms with Crippen LogP contribution in [0.5, 0.6) is 0 Å². The van der Waals surface area contributed by atoms with Gasteiger partial charge < -0.3 is 5.11 Å². The molecule has 144 valence electrons. The Hall–Kier alpha value is -1.41. The van der Waals surface area contributed by atoms with Crippen LogP contribution in [-0.4, -0.2) is 16.2 Å². The standard InChI is InChI=1S/C25H33NO/c1-16-19-7-6-18-21-9-8-20(17-5-4-14-26-15-17)25(21,3)12-10-22(18)24(19,2)13-11-23(16)27/h4-5,8,14-15,18,21-23,27H,6-7,9-13H2,1-3H3/t18-,21-,22-,23?,24-,25+/m0/s1. The van der Waals surface area contributed by atoms with Crippen molar-refractivity contribution < 1.29 is 5.11 Å². The lowest BCUT2D eigenvalue weighted by Gasteiger charge is -2.59. The van der Waals surface area contributed by atoms with Gasteiger partial charge in [0.1, 0.15) is 0 Å². The molecule has 0 bridgehead atoms. The zero-order valence-electron chi connectivity index (χ0n) is 17.0. The molecule has 1 aromatic rings. The van der Waals surface area contributed by atoms with E-state index in [4.69, 9.17) is 0 Å². The van der Waals surface area contributed by atoms with Gasteiger partial charge in [-0.1, -0.05) is 31.6 Å². The van der Waals surface area contributed by atoms with Crippen LogP contribution in [0.2, 0.25) is 0 Å². The highest BCUT2D eigenvalue weighted by Gasteiger charge is 2.57. The Kier molecular flexibility index (Phi) is 3.95. The minimum absolute atomic E-state index is 0.191. The fourth-order valence-corrected chi connectivity index (χ4v) is 7.68. The van der Waals surface area contributed by atoms with Gasteiger partial charge >= 0.3 is 0 Å². The van der Waals surface area contributed by atoms with E-state index in [2.05, 4.69) is 50.2 Å². The van der Waals surface area contributed by atoms with Crippen LogP contribution in [0.3, 0.4) is 0 Å². The Balaban J connectivity index is 1.49. The summed E-state index contributed by atoms with van der Waals surface area (Å²) in [5.74, 6) is 2.39. The summed E-state index contributed by atoms with van der Waals surface area (Å²) in [5, 5.41) is 10.4. The zero-order valence-corrected chi connectivity index (χ0v) is 17.0. The molecule has 0 saturated heterocycles. The molecule has 0 aromatic carbocycles. The minimum atomic E-state index is -0.191. The third-order valence-electron chi connectivity index (χ3n) is 9.14. The molecule has 2 fully saturated rings. The van der Waals surface area contributed by atoms with Crippen molar-refractivity contribution in [1.82, 2.24) is 4.98 Å². The monoisotopic (exact) mass is 363 g/mol. The summed E-state index contributed by atoms with van der Waals surface area (Å²) in [7, 11) is 0. The van der Waals surface area contributed by atoms with E-state index in [1.165, 1.54) is 49.7 Å². The summed E-state index contributed by atoms with van der Waals surface area (Å²) in [6.07, 6.45) is 14.8. The molecule has 2 nitrogen and oxygen atoms in total. The number of fused-ring (bicyclic) bond motifs is 5. The van der Waals surface area contributed by atoms with Crippen molar-refractivity contribution >= 4 is 5.57 Å². The van der Waals surface area contributed by atoms with Crippen molar-refractivity contribution in [3.05, 3.63) is 47.3 Å². The summed E-state index contributed by atoms with van der Waals surface area (Å²) in [4.78, 5) is 4.39. The average Bonchev–Trinajstić information content (AvgIpc) is 3.03. The molecule has 1 unspecified atom stereocenters. The van der Waals surface area contributed by atoms with Crippen LogP contribution in [-0.2, 0) is 0 Å². The molecule has 2 saturated carbocycles. The predicted octanol–water partition coefficient (Wildman–Crippen LogP) is 5.79. The summed E-state index contributed by atoms with van der Waals surface area (Å²) in [6, 6.07) is 4.32. The Morgan fingerprint density at radius 2 is 1.89 bits per heavy atom. The molecule has 0 spiro atoms. The maximum atomic E-state index is 10.4. The molecular formula is C25H33NO. The highest BCUT2D eigenvalue weighted by atomic mass is 16.3. The fourth-order valence-electron chi connectivity index (χ4n) is 7.68. The first-order chi connectivity index (χ1) is 12.9. The predicted molar refractivity (Wildman–Crippen MR) is 110 cm³/mol. The molecule has 1 heterocycles. The van der Waals surface area contributed by atoms with Crippen LogP contribution in [0, 0.1) is 28.6 Å². The molecule has 1 aromatic heterocycles. The van der Waals surface area contributed by atoms with Crippen LogP contribution in [0.4, 0.5) is 0 Å². The summed E-state index contributed by atoms with van der Waals surface area (Å²) in [6.45, 7) is 7.26. The van der Waals surface area contributed by atoms with Gasteiger partial charge in [-0.3, -0.25) is 4.98 Å². The summed E-state index contributed by atoms with van der Waals surface area (Å²) in [5.41, 5.74) is 6.44. The molecule has 27 heavy (non-hydrogen) atoms. The number of aliphatic hydroxyl groups is 1. The van der Waals surface area contributed by atoms with Crippen molar-refractivity contribution in [1.29, 1.82) is 0 Å². The van der Waals surface area contributed by atoms with Gasteiger partial charge in [0.15, 0.2) is 0 Å². The smallest absolute Gasteiger partial charge is 0.0750 e. The lowest BCUT2D eigenvalue weighted by molar-refractivity contribution is -0.0301. The second kappa shape index (κ2) is 6.04. The highest BCUT2D eigenvalue weighted by Crippen LogP contribution is 2.67. The molecule has 0 radical (unpaired) electrons. The van der Waals surface area contributed by atoms with E-state index in [-0.39, 0.29) is 6.10 Å². The van der Waals surface area contributed by atoms with E-state index in [0.29, 0.717) is 10.8 Å². The Morgan fingerprint density at radius 1 is 1.07 bits per heavy atom. The van der Waals surface area contributed by atoms with Gasteiger partial charge in [0.05, 0.1) is 6.10 Å². The second-order valence-corrected chi connectivity index (χ2v) is 10.1. The van der Waals surface area contributed by atoms with Gasteiger partial charge in [-0.05, 0) is 103 Å². The van der Waals surface area contributed by atoms with Gasteiger partial charge in [-0.2, -0.15) is 0 Å². The topological polar surface area (TPSA) is 33.1 Å². The number of aromatic nitrogens is 1.